The highest BCUT2D eigenvalue weighted by Gasteiger charge is 2.23. The van der Waals surface area contributed by atoms with Gasteiger partial charge in [0.2, 0.25) is 6.08 Å². The molecule has 76 valence electrons. The summed E-state index contributed by atoms with van der Waals surface area (Å²) in [5.41, 5.74) is 0.955. The Balaban J connectivity index is 2.41. The molecule has 1 aliphatic rings. The summed E-state index contributed by atoms with van der Waals surface area (Å²) in [6, 6.07) is 4.83. The van der Waals surface area contributed by atoms with Crippen LogP contribution in [0.5, 0.6) is 5.75 Å². The summed E-state index contributed by atoms with van der Waals surface area (Å²) in [4.78, 5) is 24.8. The monoisotopic (exact) mass is 204 g/mol. The second kappa shape index (κ2) is 3.55. The molecule has 5 heteroatoms. The topological polar surface area (TPSA) is 67.8 Å². The zero-order chi connectivity index (χ0) is 10.8. The lowest BCUT2D eigenvalue weighted by atomic mass is 10.2. The molecule has 0 fully saturated rings. The Morgan fingerprint density at radius 3 is 3.07 bits per heavy atom. The van der Waals surface area contributed by atoms with Crippen LogP contribution in [-0.2, 0) is 9.59 Å². The minimum atomic E-state index is -0.502. The third-order valence-corrected chi connectivity index (χ3v) is 2.07. The number of carbonyl (C=O) groups is 1. The Hall–Kier alpha value is -2.13. The number of nitrogens with one attached hydrogen (secondary N) is 1. The van der Waals surface area contributed by atoms with Gasteiger partial charge in [0.05, 0.1) is 11.4 Å². The number of nitrogens with zero attached hydrogens (tertiary/aromatic N) is 1. The number of aliphatic imine (C=N–C) groups is 1. The first-order valence-electron chi connectivity index (χ1n) is 4.40. The summed E-state index contributed by atoms with van der Waals surface area (Å²) in [6.45, 7) is 1.66. The van der Waals surface area contributed by atoms with Crippen LogP contribution >= 0.6 is 0 Å². The van der Waals surface area contributed by atoms with Crippen molar-refractivity contribution in [2.24, 2.45) is 4.99 Å². The highest BCUT2D eigenvalue weighted by molar-refractivity contribution is 5.97. The Morgan fingerprint density at radius 2 is 2.33 bits per heavy atom. The molecule has 1 amide bonds. The summed E-state index contributed by atoms with van der Waals surface area (Å²) < 4.78 is 5.32. The number of anilines is 1. The molecule has 0 aromatic heterocycles. The third-order valence-electron chi connectivity index (χ3n) is 2.07. The second-order valence-corrected chi connectivity index (χ2v) is 3.13. The number of benzene rings is 1. The van der Waals surface area contributed by atoms with Gasteiger partial charge in [0, 0.05) is 0 Å². The molecule has 0 spiro atoms. The summed E-state index contributed by atoms with van der Waals surface area (Å²) >= 11 is 0. The lowest BCUT2D eigenvalue weighted by Gasteiger charge is -2.23. The Kier molecular flexibility index (Phi) is 2.23. The van der Waals surface area contributed by atoms with Crippen LogP contribution in [0.2, 0.25) is 0 Å². The molecule has 1 aliphatic heterocycles. The molecule has 1 unspecified atom stereocenters. The molecule has 0 bridgehead atoms. The minimum absolute atomic E-state index is 0.213. The van der Waals surface area contributed by atoms with Gasteiger partial charge in [-0.15, -0.1) is 0 Å². The third kappa shape index (κ3) is 1.73. The van der Waals surface area contributed by atoms with Crippen molar-refractivity contribution in [3.05, 3.63) is 18.2 Å². The van der Waals surface area contributed by atoms with Crippen molar-refractivity contribution >= 4 is 23.4 Å². The summed E-state index contributed by atoms with van der Waals surface area (Å²) in [7, 11) is 0. The Labute approximate surface area is 85.8 Å². The van der Waals surface area contributed by atoms with Gasteiger partial charge in [-0.3, -0.25) is 4.79 Å². The van der Waals surface area contributed by atoms with E-state index in [9.17, 15) is 9.59 Å². The molecule has 1 aromatic carbocycles. The van der Waals surface area contributed by atoms with E-state index in [1.54, 1.807) is 25.1 Å². The highest BCUT2D eigenvalue weighted by Crippen LogP contribution is 2.32. The van der Waals surface area contributed by atoms with Crippen LogP contribution in [0.3, 0.4) is 0 Å². The van der Waals surface area contributed by atoms with E-state index in [2.05, 4.69) is 10.3 Å². The Bertz CT molecular complexity index is 464. The number of amides is 1. The first-order valence-corrected chi connectivity index (χ1v) is 4.40. The quantitative estimate of drug-likeness (QED) is 0.555. The zero-order valence-electron chi connectivity index (χ0n) is 7.98. The second-order valence-electron chi connectivity index (χ2n) is 3.13. The van der Waals surface area contributed by atoms with Crippen LogP contribution in [0.4, 0.5) is 11.4 Å². The summed E-state index contributed by atoms with van der Waals surface area (Å²) in [5, 5.41) is 2.65. The predicted octanol–water partition coefficient (Wildman–Crippen LogP) is 1.37. The van der Waals surface area contributed by atoms with Crippen LogP contribution < -0.4 is 10.1 Å². The van der Waals surface area contributed by atoms with Gasteiger partial charge in [-0.25, -0.2) is 4.79 Å². The molecular formula is C10H8N2O3. The van der Waals surface area contributed by atoms with Gasteiger partial charge < -0.3 is 10.1 Å². The lowest BCUT2D eigenvalue weighted by Crippen LogP contribution is -2.34. The van der Waals surface area contributed by atoms with E-state index < -0.39 is 6.10 Å². The normalized spacial score (nSPS) is 18.2. The van der Waals surface area contributed by atoms with Gasteiger partial charge in [0.25, 0.3) is 5.91 Å². The van der Waals surface area contributed by atoms with Gasteiger partial charge in [-0.2, -0.15) is 4.99 Å². The average molecular weight is 204 g/mol. The van der Waals surface area contributed by atoms with Gasteiger partial charge in [-0.05, 0) is 25.1 Å². The van der Waals surface area contributed by atoms with Crippen molar-refractivity contribution in [2.45, 2.75) is 13.0 Å². The van der Waals surface area contributed by atoms with E-state index in [0.717, 1.165) is 0 Å². The van der Waals surface area contributed by atoms with Crippen molar-refractivity contribution in [1.29, 1.82) is 0 Å². The van der Waals surface area contributed by atoms with E-state index in [1.807, 2.05) is 0 Å². The van der Waals surface area contributed by atoms with Gasteiger partial charge in [-0.1, -0.05) is 0 Å². The number of fused-ring (bicyclic) bond motifs is 1. The molecule has 0 saturated carbocycles. The molecular weight excluding hydrogens is 196 g/mol. The van der Waals surface area contributed by atoms with Crippen molar-refractivity contribution in [2.75, 3.05) is 5.32 Å². The fourth-order valence-electron chi connectivity index (χ4n) is 1.32. The first kappa shape index (κ1) is 9.43. The fraction of sp³-hybridized carbons (Fsp3) is 0.200. The molecule has 1 aromatic rings. The van der Waals surface area contributed by atoms with Gasteiger partial charge in [0.1, 0.15) is 5.75 Å². The largest absolute Gasteiger partial charge is 0.479 e. The van der Waals surface area contributed by atoms with E-state index in [-0.39, 0.29) is 5.91 Å². The lowest BCUT2D eigenvalue weighted by molar-refractivity contribution is -0.122. The summed E-state index contributed by atoms with van der Waals surface area (Å²) in [6.07, 6.45) is 0.930. The molecule has 2 rings (SSSR count). The maximum atomic E-state index is 11.3. The molecule has 1 heterocycles. The number of hydrogen-bond acceptors (Lipinski definition) is 4. The van der Waals surface area contributed by atoms with Crippen molar-refractivity contribution < 1.29 is 14.3 Å². The number of hydrogen-bond donors (Lipinski definition) is 1. The SMILES string of the molecule is CC1Oc2ccc(N=C=O)cc2NC1=O. The highest BCUT2D eigenvalue weighted by atomic mass is 16.5. The van der Waals surface area contributed by atoms with E-state index >= 15 is 0 Å². The average Bonchev–Trinajstić information content (AvgIpc) is 2.21. The van der Waals surface area contributed by atoms with Crippen molar-refractivity contribution in [3.8, 4) is 5.75 Å². The number of rotatable bonds is 1. The molecule has 1 atom stereocenters. The number of isocyanates is 1. The smallest absolute Gasteiger partial charge is 0.265 e. The minimum Gasteiger partial charge on any atom is -0.479 e. The number of carbonyl (C=O) groups excluding carboxylic acids is 2. The molecule has 1 N–H and O–H groups in total. The molecule has 0 saturated heterocycles. The van der Waals surface area contributed by atoms with Crippen LogP contribution in [-0.4, -0.2) is 18.1 Å². The van der Waals surface area contributed by atoms with Crippen molar-refractivity contribution in [1.82, 2.24) is 0 Å². The maximum absolute atomic E-state index is 11.3. The first-order chi connectivity index (χ1) is 7.20. The fourth-order valence-corrected chi connectivity index (χ4v) is 1.32. The van der Waals surface area contributed by atoms with Crippen LogP contribution in [0.25, 0.3) is 0 Å². The molecule has 0 radical (unpaired) electrons. The van der Waals surface area contributed by atoms with Crippen LogP contribution in [0, 0.1) is 0 Å². The predicted molar refractivity (Wildman–Crippen MR) is 52.9 cm³/mol. The molecule has 15 heavy (non-hydrogen) atoms. The van der Waals surface area contributed by atoms with Gasteiger partial charge >= 0.3 is 0 Å². The van der Waals surface area contributed by atoms with E-state index in [4.69, 9.17) is 4.74 Å². The van der Waals surface area contributed by atoms with Crippen LogP contribution in [0.15, 0.2) is 23.2 Å². The van der Waals surface area contributed by atoms with Crippen LogP contribution in [0.1, 0.15) is 6.92 Å². The zero-order valence-corrected chi connectivity index (χ0v) is 7.98. The van der Waals surface area contributed by atoms with Gasteiger partial charge in [0.15, 0.2) is 6.10 Å². The van der Waals surface area contributed by atoms with E-state index in [0.29, 0.717) is 17.1 Å². The standard InChI is InChI=1S/C10H8N2O3/c1-6-10(14)12-8-4-7(11-5-13)2-3-9(8)15-6/h2-4,6H,1H3,(H,12,14). The maximum Gasteiger partial charge on any atom is 0.265 e. The van der Waals surface area contributed by atoms with E-state index in [1.165, 1.54) is 6.08 Å². The molecule has 0 aliphatic carbocycles. The Morgan fingerprint density at radius 1 is 1.53 bits per heavy atom. The van der Waals surface area contributed by atoms with Crippen molar-refractivity contribution in [3.63, 3.8) is 0 Å². The molecule has 5 nitrogen and oxygen atoms in total. The number of ether oxygens (including phenoxy) is 1. The summed E-state index contributed by atoms with van der Waals surface area (Å²) in [5.74, 6) is 0.363.